The molecule has 3 aromatic rings. The van der Waals surface area contributed by atoms with Crippen LogP contribution in [0.15, 0.2) is 66.7 Å². The van der Waals surface area contributed by atoms with Crippen molar-refractivity contribution in [2.75, 3.05) is 60.7 Å². The Morgan fingerprint density at radius 3 is 2.58 bits per heavy atom. The third-order valence-corrected chi connectivity index (χ3v) is 7.86. The summed E-state index contributed by atoms with van der Waals surface area (Å²) < 4.78 is 28.7. The fourth-order valence-corrected chi connectivity index (χ4v) is 5.28. The lowest BCUT2D eigenvalue weighted by atomic mass is 9.87. The molecule has 3 aromatic carbocycles. The van der Waals surface area contributed by atoms with Gasteiger partial charge in [0.25, 0.3) is 5.91 Å². The number of hydrogen-bond acceptors (Lipinski definition) is 7. The molecule has 4 rings (SSSR count). The molecule has 1 N–H and O–H groups in total. The van der Waals surface area contributed by atoms with E-state index in [0.717, 1.165) is 54.1 Å². The second-order valence-corrected chi connectivity index (χ2v) is 11.0. The van der Waals surface area contributed by atoms with Crippen LogP contribution < -0.4 is 14.8 Å². The molecule has 1 fully saturated rings. The number of benzene rings is 3. The molecular formula is C35H46N2O6. The Hall–Kier alpha value is -3.43. The number of ether oxygens (including phenoxy) is 5. The van der Waals surface area contributed by atoms with E-state index in [4.69, 9.17) is 23.7 Å². The van der Waals surface area contributed by atoms with Gasteiger partial charge in [0.15, 0.2) is 0 Å². The summed E-state index contributed by atoms with van der Waals surface area (Å²) in [6, 6.07) is 22.3. The zero-order valence-electron chi connectivity index (χ0n) is 26.0. The standard InChI is InChI=1S/C35H46N2O6/c1-26-10-11-27(22-32(26)35(38)37(2)18-21-39-3)24-43-34-23-36-17-16-31(34)28-12-14-30(15-13-28)42-20-7-19-41-25-29-8-5-6-9-33(29)40-4/h5-6,8-15,22,31,34,36H,7,16-21,23-25H2,1-4H3/t31-,34+/m1/s1. The van der Waals surface area contributed by atoms with Crippen LogP contribution in [0.1, 0.15) is 51.4 Å². The highest BCUT2D eigenvalue weighted by Gasteiger charge is 2.27. The highest BCUT2D eigenvalue weighted by molar-refractivity contribution is 5.95. The maximum absolute atomic E-state index is 13.0. The summed E-state index contributed by atoms with van der Waals surface area (Å²) in [6.07, 6.45) is 1.83. The minimum Gasteiger partial charge on any atom is -0.496 e. The molecule has 0 aliphatic carbocycles. The lowest BCUT2D eigenvalue weighted by molar-refractivity contribution is 0.0106. The zero-order valence-corrected chi connectivity index (χ0v) is 26.0. The largest absolute Gasteiger partial charge is 0.496 e. The maximum atomic E-state index is 13.0. The van der Waals surface area contributed by atoms with E-state index >= 15 is 0 Å². The number of piperidine rings is 1. The lowest BCUT2D eigenvalue weighted by Gasteiger charge is -2.32. The quantitative estimate of drug-likeness (QED) is 0.225. The molecule has 1 amide bonds. The summed E-state index contributed by atoms with van der Waals surface area (Å²) in [5.41, 5.74) is 4.95. The number of aryl methyl sites for hydroxylation is 1. The van der Waals surface area contributed by atoms with Gasteiger partial charge in [-0.15, -0.1) is 0 Å². The molecule has 1 aliphatic heterocycles. The molecular weight excluding hydrogens is 544 g/mol. The average Bonchev–Trinajstić information content (AvgIpc) is 3.05. The monoisotopic (exact) mass is 590 g/mol. The molecule has 0 spiro atoms. The first-order valence-corrected chi connectivity index (χ1v) is 15.1. The van der Waals surface area contributed by atoms with Crippen molar-refractivity contribution in [2.45, 2.75) is 45.0 Å². The molecule has 0 saturated carbocycles. The van der Waals surface area contributed by atoms with Crippen molar-refractivity contribution in [3.05, 3.63) is 94.5 Å². The predicted octanol–water partition coefficient (Wildman–Crippen LogP) is 5.37. The summed E-state index contributed by atoms with van der Waals surface area (Å²) in [4.78, 5) is 14.7. The molecule has 0 bridgehead atoms. The summed E-state index contributed by atoms with van der Waals surface area (Å²) in [5, 5.41) is 3.48. The van der Waals surface area contributed by atoms with E-state index in [9.17, 15) is 4.79 Å². The Bertz CT molecular complexity index is 1280. The second kappa shape index (κ2) is 17.0. The first kappa shape index (κ1) is 32.5. The van der Waals surface area contributed by atoms with Crippen LogP contribution in [0.4, 0.5) is 0 Å². The first-order chi connectivity index (χ1) is 21.0. The van der Waals surface area contributed by atoms with Crippen molar-refractivity contribution in [1.82, 2.24) is 10.2 Å². The van der Waals surface area contributed by atoms with Crippen molar-refractivity contribution in [2.24, 2.45) is 0 Å². The van der Waals surface area contributed by atoms with Gasteiger partial charge in [-0.05, 0) is 60.8 Å². The highest BCUT2D eigenvalue weighted by atomic mass is 16.5. The minimum absolute atomic E-state index is 0.00343. The number of amides is 1. The lowest BCUT2D eigenvalue weighted by Crippen LogP contribution is -2.41. The van der Waals surface area contributed by atoms with Gasteiger partial charge in [-0.3, -0.25) is 4.79 Å². The van der Waals surface area contributed by atoms with Crippen molar-refractivity contribution in [1.29, 1.82) is 0 Å². The number of methoxy groups -OCH3 is 2. The Morgan fingerprint density at radius 1 is 0.977 bits per heavy atom. The molecule has 1 aliphatic rings. The summed E-state index contributed by atoms with van der Waals surface area (Å²) in [7, 11) is 5.12. The number of carbonyl (C=O) groups excluding carboxylic acids is 1. The molecule has 232 valence electrons. The van der Waals surface area contributed by atoms with E-state index in [2.05, 4.69) is 17.4 Å². The van der Waals surface area contributed by atoms with E-state index < -0.39 is 0 Å². The molecule has 43 heavy (non-hydrogen) atoms. The average molecular weight is 591 g/mol. The smallest absolute Gasteiger partial charge is 0.253 e. The molecule has 0 aromatic heterocycles. The Morgan fingerprint density at radius 2 is 1.79 bits per heavy atom. The predicted molar refractivity (Wildman–Crippen MR) is 168 cm³/mol. The van der Waals surface area contributed by atoms with Crippen LogP contribution in [-0.4, -0.2) is 77.6 Å². The number of carbonyl (C=O) groups is 1. The van der Waals surface area contributed by atoms with Crippen LogP contribution in [0.2, 0.25) is 0 Å². The van der Waals surface area contributed by atoms with Crippen LogP contribution in [0.5, 0.6) is 11.5 Å². The molecule has 8 nitrogen and oxygen atoms in total. The fourth-order valence-electron chi connectivity index (χ4n) is 5.28. The number of nitrogens with one attached hydrogen (secondary N) is 1. The van der Waals surface area contributed by atoms with Crippen molar-refractivity contribution >= 4 is 5.91 Å². The molecule has 0 unspecified atom stereocenters. The van der Waals surface area contributed by atoms with Crippen LogP contribution in [0.25, 0.3) is 0 Å². The Kier molecular flexibility index (Phi) is 12.9. The van der Waals surface area contributed by atoms with Crippen molar-refractivity contribution in [3.8, 4) is 11.5 Å². The molecule has 1 heterocycles. The van der Waals surface area contributed by atoms with Crippen molar-refractivity contribution in [3.63, 3.8) is 0 Å². The number of likely N-dealkylation sites (N-methyl/N-ethyl adjacent to an activating group) is 1. The van der Waals surface area contributed by atoms with E-state index in [0.29, 0.717) is 45.1 Å². The van der Waals surface area contributed by atoms with Crippen molar-refractivity contribution < 1.29 is 28.5 Å². The maximum Gasteiger partial charge on any atom is 0.253 e. The summed E-state index contributed by atoms with van der Waals surface area (Å²) in [5.74, 6) is 1.98. The van der Waals surface area contributed by atoms with Gasteiger partial charge in [-0.2, -0.15) is 0 Å². The summed E-state index contributed by atoms with van der Waals surface area (Å²) >= 11 is 0. The van der Waals surface area contributed by atoms with Crippen LogP contribution in [0, 0.1) is 6.92 Å². The van der Waals surface area contributed by atoms with Gasteiger partial charge in [0, 0.05) is 50.7 Å². The Balaban J connectivity index is 1.25. The SMILES string of the molecule is COCCN(C)C(=O)c1cc(CO[C@H]2CNCC[C@@H]2c2ccc(OCCCOCc3ccccc3OC)cc2)ccc1C. The van der Waals surface area contributed by atoms with Crippen LogP contribution in [0.3, 0.4) is 0 Å². The fraction of sp³-hybridized carbons (Fsp3) is 0.457. The number of nitrogens with zero attached hydrogens (tertiary/aromatic N) is 1. The van der Waals surface area contributed by atoms with E-state index in [1.807, 2.05) is 61.5 Å². The van der Waals surface area contributed by atoms with Crippen LogP contribution in [-0.2, 0) is 27.4 Å². The summed E-state index contributed by atoms with van der Waals surface area (Å²) in [6.45, 7) is 6.94. The molecule has 2 atom stereocenters. The van der Waals surface area contributed by atoms with Gasteiger partial charge >= 0.3 is 0 Å². The molecule has 1 saturated heterocycles. The topological polar surface area (TPSA) is 78.5 Å². The number of para-hydroxylation sites is 1. The van der Waals surface area contributed by atoms with Gasteiger partial charge in [0.1, 0.15) is 11.5 Å². The number of rotatable bonds is 16. The van der Waals surface area contributed by atoms with Gasteiger partial charge < -0.3 is 33.9 Å². The Labute approximate surface area is 256 Å². The minimum atomic E-state index is -0.00343. The van der Waals surface area contributed by atoms with Gasteiger partial charge in [0.05, 0.1) is 46.2 Å². The third-order valence-electron chi connectivity index (χ3n) is 7.86. The first-order valence-electron chi connectivity index (χ1n) is 15.1. The zero-order chi connectivity index (χ0) is 30.4. The van der Waals surface area contributed by atoms with E-state index in [1.54, 1.807) is 26.2 Å². The normalized spacial score (nSPS) is 16.6. The van der Waals surface area contributed by atoms with Gasteiger partial charge in [-0.25, -0.2) is 0 Å². The number of hydrogen-bond donors (Lipinski definition) is 1. The third kappa shape index (κ3) is 9.53. The molecule has 0 radical (unpaired) electrons. The van der Waals surface area contributed by atoms with Crippen LogP contribution >= 0.6 is 0 Å². The van der Waals surface area contributed by atoms with E-state index in [1.165, 1.54) is 5.56 Å². The van der Waals surface area contributed by atoms with Gasteiger partial charge in [0.2, 0.25) is 0 Å². The van der Waals surface area contributed by atoms with E-state index in [-0.39, 0.29) is 17.9 Å². The second-order valence-electron chi connectivity index (χ2n) is 11.0. The highest BCUT2D eigenvalue weighted by Crippen LogP contribution is 2.30. The van der Waals surface area contributed by atoms with Gasteiger partial charge in [-0.1, -0.05) is 42.5 Å². The molecule has 8 heteroatoms.